The summed E-state index contributed by atoms with van der Waals surface area (Å²) in [5, 5.41) is 2.65. The summed E-state index contributed by atoms with van der Waals surface area (Å²) in [5.41, 5.74) is 8.03. The molecule has 5 nitrogen and oxygen atoms in total. The van der Waals surface area contributed by atoms with E-state index in [0.29, 0.717) is 6.54 Å². The summed E-state index contributed by atoms with van der Waals surface area (Å²) in [5.74, 6) is -0.364. The van der Waals surface area contributed by atoms with Gasteiger partial charge >= 0.3 is 6.36 Å². The number of halogens is 4. The summed E-state index contributed by atoms with van der Waals surface area (Å²) in [4.78, 5) is 6.38. The summed E-state index contributed by atoms with van der Waals surface area (Å²) in [6.45, 7) is 4.16. The maximum atomic E-state index is 12.5. The highest BCUT2D eigenvalue weighted by Gasteiger charge is 2.32. The van der Waals surface area contributed by atoms with E-state index in [1.807, 2.05) is 31.3 Å². The lowest BCUT2D eigenvalue weighted by atomic mass is 10.1. The fourth-order valence-electron chi connectivity index (χ4n) is 2.39. The van der Waals surface area contributed by atoms with E-state index < -0.39 is 6.36 Å². The summed E-state index contributed by atoms with van der Waals surface area (Å²) in [7, 11) is 2.03. The van der Waals surface area contributed by atoms with Crippen molar-refractivity contribution < 1.29 is 17.9 Å². The van der Waals surface area contributed by atoms with E-state index in [9.17, 15) is 13.2 Å². The number of nitrogens with two attached hydrogens (primary N) is 1. The van der Waals surface area contributed by atoms with Gasteiger partial charge < -0.3 is 20.7 Å². The molecule has 0 aliphatic rings. The van der Waals surface area contributed by atoms with E-state index in [2.05, 4.69) is 26.9 Å². The fourth-order valence-corrected chi connectivity index (χ4v) is 2.39. The van der Waals surface area contributed by atoms with Gasteiger partial charge in [-0.25, -0.2) is 4.99 Å². The Kier molecular flexibility index (Phi) is 9.53. The topological polar surface area (TPSA) is 62.9 Å². The van der Waals surface area contributed by atoms with Crippen LogP contribution in [0.2, 0.25) is 0 Å². The molecule has 0 aliphatic heterocycles. The highest BCUT2D eigenvalue weighted by molar-refractivity contribution is 14.0. The quantitative estimate of drug-likeness (QED) is 0.327. The molecule has 2 aromatic carbocycles. The first-order chi connectivity index (χ1) is 12.8. The molecular weight excluding hydrogens is 484 g/mol. The molecule has 0 amide bonds. The van der Waals surface area contributed by atoms with Gasteiger partial charge in [-0.1, -0.05) is 43.3 Å². The molecule has 0 aliphatic carbocycles. The molecule has 0 fully saturated rings. The van der Waals surface area contributed by atoms with E-state index in [0.717, 1.165) is 24.2 Å². The van der Waals surface area contributed by atoms with Gasteiger partial charge in [-0.2, -0.15) is 0 Å². The molecule has 0 spiro atoms. The van der Waals surface area contributed by atoms with Crippen molar-refractivity contribution in [2.75, 3.05) is 18.9 Å². The molecule has 0 heterocycles. The smallest absolute Gasteiger partial charge is 0.404 e. The Morgan fingerprint density at radius 2 is 1.82 bits per heavy atom. The first-order valence-corrected chi connectivity index (χ1v) is 8.45. The summed E-state index contributed by atoms with van der Waals surface area (Å²) in [6, 6.07) is 13.6. The maximum Gasteiger partial charge on any atom is 0.573 e. The van der Waals surface area contributed by atoms with Gasteiger partial charge in [0.1, 0.15) is 0 Å². The van der Waals surface area contributed by atoms with Crippen molar-refractivity contribution in [2.45, 2.75) is 26.4 Å². The van der Waals surface area contributed by atoms with Gasteiger partial charge in [0, 0.05) is 6.54 Å². The van der Waals surface area contributed by atoms with Crippen molar-refractivity contribution >= 4 is 35.6 Å². The van der Waals surface area contributed by atoms with Crippen LogP contribution in [0.25, 0.3) is 0 Å². The van der Waals surface area contributed by atoms with Crippen LogP contribution in [-0.4, -0.2) is 30.8 Å². The van der Waals surface area contributed by atoms with Crippen molar-refractivity contribution in [1.29, 1.82) is 0 Å². The maximum absolute atomic E-state index is 12.5. The van der Waals surface area contributed by atoms with Crippen LogP contribution in [0.3, 0.4) is 0 Å². The predicted molar refractivity (Wildman–Crippen MR) is 116 cm³/mol. The Morgan fingerprint density at radius 3 is 2.50 bits per heavy atom. The molecule has 2 rings (SSSR count). The lowest BCUT2D eigenvalue weighted by Crippen LogP contribution is -2.24. The third kappa shape index (κ3) is 8.34. The van der Waals surface area contributed by atoms with Crippen LogP contribution in [0.1, 0.15) is 18.1 Å². The molecule has 3 N–H and O–H groups in total. The molecule has 0 bridgehead atoms. The molecular formula is C19H24F3IN4O. The van der Waals surface area contributed by atoms with Crippen LogP contribution in [-0.2, 0) is 13.1 Å². The number of alkyl halides is 3. The number of guanidine groups is 1. The molecule has 0 aromatic heterocycles. The van der Waals surface area contributed by atoms with E-state index in [1.54, 1.807) is 6.07 Å². The Hall–Kier alpha value is -2.01. The molecule has 9 heteroatoms. The minimum Gasteiger partial charge on any atom is -0.404 e. The molecule has 2 aromatic rings. The number of benzene rings is 2. The standard InChI is InChI=1S/C19H23F3N4O.HI/c1-3-26(2)13-15-8-6-7-14(11-15)12-24-18(23)25-16-9-4-5-10-17(16)27-19(20,21)22;/h4-11H,3,12-13H2,1-2H3,(H3,23,24,25);1H. The van der Waals surface area contributed by atoms with Gasteiger partial charge in [-0.3, -0.25) is 0 Å². The average molecular weight is 508 g/mol. The van der Waals surface area contributed by atoms with Crippen LogP contribution in [0.5, 0.6) is 5.75 Å². The van der Waals surface area contributed by atoms with E-state index >= 15 is 0 Å². The van der Waals surface area contributed by atoms with Crippen LogP contribution < -0.4 is 15.8 Å². The van der Waals surface area contributed by atoms with Gasteiger partial charge in [0.2, 0.25) is 0 Å². The molecule has 0 saturated carbocycles. The molecule has 154 valence electrons. The van der Waals surface area contributed by atoms with Crippen LogP contribution in [0.15, 0.2) is 53.5 Å². The Morgan fingerprint density at radius 1 is 1.14 bits per heavy atom. The third-order valence-corrected chi connectivity index (χ3v) is 3.79. The number of rotatable bonds is 7. The second-order valence-corrected chi connectivity index (χ2v) is 6.02. The first-order valence-electron chi connectivity index (χ1n) is 8.45. The number of para-hydroxylation sites is 2. The third-order valence-electron chi connectivity index (χ3n) is 3.79. The van der Waals surface area contributed by atoms with Gasteiger partial charge in [0.25, 0.3) is 0 Å². The SMILES string of the molecule is CCN(C)Cc1cccc(CN=C(N)Nc2ccccc2OC(F)(F)F)c1.I. The number of ether oxygens (including phenoxy) is 1. The Bertz CT molecular complexity index is 784. The predicted octanol–water partition coefficient (Wildman–Crippen LogP) is 4.58. The first kappa shape index (κ1) is 24.0. The lowest BCUT2D eigenvalue weighted by molar-refractivity contribution is -0.274. The monoisotopic (exact) mass is 508 g/mol. The van der Waals surface area contributed by atoms with Gasteiger partial charge in [-0.15, -0.1) is 37.1 Å². The summed E-state index contributed by atoms with van der Waals surface area (Å²) >= 11 is 0. The van der Waals surface area contributed by atoms with Crippen LogP contribution in [0.4, 0.5) is 18.9 Å². The summed E-state index contributed by atoms with van der Waals surface area (Å²) < 4.78 is 41.4. The molecule has 28 heavy (non-hydrogen) atoms. The summed E-state index contributed by atoms with van der Waals surface area (Å²) in [6.07, 6.45) is -4.78. The number of aliphatic imine (C=N–C) groups is 1. The minimum absolute atomic E-state index is 0. The number of hydrogen-bond donors (Lipinski definition) is 2. The normalized spacial score (nSPS) is 11.9. The number of nitrogens with one attached hydrogen (secondary N) is 1. The highest BCUT2D eigenvalue weighted by atomic mass is 127. The highest BCUT2D eigenvalue weighted by Crippen LogP contribution is 2.29. The number of anilines is 1. The molecule has 0 atom stereocenters. The second kappa shape index (κ2) is 11.1. The molecule has 0 radical (unpaired) electrons. The zero-order valence-electron chi connectivity index (χ0n) is 15.7. The van der Waals surface area contributed by atoms with Crippen LogP contribution in [0, 0.1) is 0 Å². The van der Waals surface area contributed by atoms with Crippen molar-refractivity contribution in [3.8, 4) is 5.75 Å². The van der Waals surface area contributed by atoms with Crippen LogP contribution >= 0.6 is 24.0 Å². The second-order valence-electron chi connectivity index (χ2n) is 6.02. The number of nitrogens with zero attached hydrogens (tertiary/aromatic N) is 2. The Balaban J connectivity index is 0.00000392. The lowest BCUT2D eigenvalue weighted by Gasteiger charge is -2.15. The zero-order valence-corrected chi connectivity index (χ0v) is 18.0. The van der Waals surface area contributed by atoms with Crippen molar-refractivity contribution in [3.05, 3.63) is 59.7 Å². The number of hydrogen-bond acceptors (Lipinski definition) is 3. The zero-order chi connectivity index (χ0) is 19.9. The average Bonchev–Trinajstić information content (AvgIpc) is 2.61. The van der Waals surface area contributed by atoms with E-state index in [1.165, 1.54) is 18.2 Å². The largest absolute Gasteiger partial charge is 0.573 e. The van der Waals surface area contributed by atoms with Crippen molar-refractivity contribution in [2.24, 2.45) is 10.7 Å². The Labute approximate surface area is 179 Å². The van der Waals surface area contributed by atoms with Gasteiger partial charge in [0.05, 0.1) is 12.2 Å². The van der Waals surface area contributed by atoms with Gasteiger partial charge in [0.15, 0.2) is 11.7 Å². The van der Waals surface area contributed by atoms with Gasteiger partial charge in [-0.05, 0) is 36.9 Å². The van der Waals surface area contributed by atoms with E-state index in [-0.39, 0.29) is 41.4 Å². The fraction of sp³-hybridized carbons (Fsp3) is 0.316. The van der Waals surface area contributed by atoms with Crippen molar-refractivity contribution in [3.63, 3.8) is 0 Å². The van der Waals surface area contributed by atoms with Crippen molar-refractivity contribution in [1.82, 2.24) is 4.90 Å². The minimum atomic E-state index is -4.78. The van der Waals surface area contributed by atoms with E-state index in [4.69, 9.17) is 5.73 Å². The molecule has 0 saturated heterocycles. The molecule has 0 unspecified atom stereocenters.